The number of aryl methyl sites for hydroxylation is 1. The fourth-order valence-corrected chi connectivity index (χ4v) is 1.24. The molecule has 0 heterocycles. The fraction of sp³-hybridized carbons (Fsp3) is 0.250. The van der Waals surface area contributed by atoms with Gasteiger partial charge in [0.2, 0.25) is 0 Å². The van der Waals surface area contributed by atoms with Crippen molar-refractivity contribution in [1.82, 2.24) is 0 Å². The van der Waals surface area contributed by atoms with Gasteiger partial charge in [0.15, 0.2) is 0 Å². The number of carbonyl (C=O) groups excluding carboxylic acids is 1. The molecule has 80 valence electrons. The van der Waals surface area contributed by atoms with Crippen LogP contribution in [-0.4, -0.2) is 18.2 Å². The van der Waals surface area contributed by atoms with Crippen LogP contribution in [0.15, 0.2) is 23.8 Å². The SMILES string of the molecule is COC(=O)/C(C)=C/c1ccc(O)c(C)c1. The van der Waals surface area contributed by atoms with E-state index in [0.29, 0.717) is 5.57 Å². The molecule has 3 heteroatoms. The molecule has 1 N–H and O–H groups in total. The third-order valence-electron chi connectivity index (χ3n) is 2.11. The monoisotopic (exact) mass is 206 g/mol. The van der Waals surface area contributed by atoms with E-state index < -0.39 is 0 Å². The number of hydrogen-bond acceptors (Lipinski definition) is 3. The van der Waals surface area contributed by atoms with Gasteiger partial charge in [0.25, 0.3) is 0 Å². The first-order valence-corrected chi connectivity index (χ1v) is 4.61. The summed E-state index contributed by atoms with van der Waals surface area (Å²) in [5, 5.41) is 9.32. The van der Waals surface area contributed by atoms with E-state index in [1.807, 2.05) is 6.07 Å². The van der Waals surface area contributed by atoms with Crippen LogP contribution in [0.4, 0.5) is 0 Å². The van der Waals surface area contributed by atoms with Crippen molar-refractivity contribution in [1.29, 1.82) is 0 Å². The molecule has 3 nitrogen and oxygen atoms in total. The second-order valence-electron chi connectivity index (χ2n) is 3.36. The van der Waals surface area contributed by atoms with Crippen LogP contribution in [0.5, 0.6) is 5.75 Å². The third kappa shape index (κ3) is 2.84. The van der Waals surface area contributed by atoms with Crippen LogP contribution in [-0.2, 0) is 9.53 Å². The molecular formula is C12H14O3. The molecular weight excluding hydrogens is 192 g/mol. The van der Waals surface area contributed by atoms with Gasteiger partial charge >= 0.3 is 5.97 Å². The number of ether oxygens (including phenoxy) is 1. The van der Waals surface area contributed by atoms with E-state index in [1.165, 1.54) is 7.11 Å². The lowest BCUT2D eigenvalue weighted by Crippen LogP contribution is -2.00. The third-order valence-corrected chi connectivity index (χ3v) is 2.11. The van der Waals surface area contributed by atoms with E-state index in [-0.39, 0.29) is 11.7 Å². The molecule has 0 unspecified atom stereocenters. The zero-order chi connectivity index (χ0) is 11.4. The number of rotatable bonds is 2. The first-order chi connectivity index (χ1) is 7.04. The van der Waals surface area contributed by atoms with Gasteiger partial charge in [0.1, 0.15) is 5.75 Å². The molecule has 0 atom stereocenters. The Kier molecular flexibility index (Phi) is 3.50. The van der Waals surface area contributed by atoms with Gasteiger partial charge in [0, 0.05) is 5.57 Å². The molecule has 0 spiro atoms. The van der Waals surface area contributed by atoms with Crippen molar-refractivity contribution in [3.05, 3.63) is 34.9 Å². The van der Waals surface area contributed by atoms with Crippen molar-refractivity contribution in [2.45, 2.75) is 13.8 Å². The second kappa shape index (κ2) is 4.64. The van der Waals surface area contributed by atoms with E-state index >= 15 is 0 Å². The summed E-state index contributed by atoms with van der Waals surface area (Å²) in [7, 11) is 1.35. The Morgan fingerprint density at radius 2 is 2.13 bits per heavy atom. The van der Waals surface area contributed by atoms with Crippen molar-refractivity contribution >= 4 is 12.0 Å². The Morgan fingerprint density at radius 1 is 1.47 bits per heavy atom. The molecule has 0 aliphatic heterocycles. The number of phenols is 1. The van der Waals surface area contributed by atoms with E-state index in [4.69, 9.17) is 0 Å². The molecule has 1 aromatic carbocycles. The maximum absolute atomic E-state index is 11.1. The van der Waals surface area contributed by atoms with Gasteiger partial charge in [-0.2, -0.15) is 0 Å². The summed E-state index contributed by atoms with van der Waals surface area (Å²) in [6.07, 6.45) is 1.72. The van der Waals surface area contributed by atoms with Gasteiger partial charge in [-0.1, -0.05) is 6.07 Å². The average molecular weight is 206 g/mol. The van der Waals surface area contributed by atoms with Crippen LogP contribution >= 0.6 is 0 Å². The van der Waals surface area contributed by atoms with Crippen molar-refractivity contribution in [3.8, 4) is 5.75 Å². The van der Waals surface area contributed by atoms with Crippen LogP contribution in [0, 0.1) is 6.92 Å². The highest BCUT2D eigenvalue weighted by molar-refractivity contribution is 5.92. The summed E-state index contributed by atoms with van der Waals surface area (Å²) >= 11 is 0. The van der Waals surface area contributed by atoms with Crippen LogP contribution in [0.2, 0.25) is 0 Å². The highest BCUT2D eigenvalue weighted by Crippen LogP contribution is 2.18. The lowest BCUT2D eigenvalue weighted by Gasteiger charge is -2.02. The Morgan fingerprint density at radius 3 is 2.67 bits per heavy atom. The predicted molar refractivity (Wildman–Crippen MR) is 58.5 cm³/mol. The van der Waals surface area contributed by atoms with Crippen molar-refractivity contribution in [2.24, 2.45) is 0 Å². The maximum Gasteiger partial charge on any atom is 0.333 e. The predicted octanol–water partition coefficient (Wildman–Crippen LogP) is 2.28. The van der Waals surface area contributed by atoms with E-state index in [0.717, 1.165) is 11.1 Å². The van der Waals surface area contributed by atoms with Crippen molar-refractivity contribution in [3.63, 3.8) is 0 Å². The number of methoxy groups -OCH3 is 1. The molecule has 0 fully saturated rings. The standard InChI is InChI=1S/C12H14O3/c1-8-6-10(4-5-11(8)13)7-9(2)12(14)15-3/h4-7,13H,1-3H3/b9-7+. The first kappa shape index (κ1) is 11.3. The largest absolute Gasteiger partial charge is 0.508 e. The highest BCUT2D eigenvalue weighted by atomic mass is 16.5. The van der Waals surface area contributed by atoms with E-state index in [9.17, 15) is 9.90 Å². The minimum absolute atomic E-state index is 0.253. The number of hydrogen-bond donors (Lipinski definition) is 1. The molecule has 0 aliphatic rings. The highest BCUT2D eigenvalue weighted by Gasteiger charge is 2.03. The average Bonchev–Trinajstić information content (AvgIpc) is 2.22. The Hall–Kier alpha value is -1.77. The number of benzene rings is 1. The number of aromatic hydroxyl groups is 1. The van der Waals surface area contributed by atoms with Crippen LogP contribution in [0.25, 0.3) is 6.08 Å². The Balaban J connectivity index is 2.98. The zero-order valence-corrected chi connectivity index (χ0v) is 9.07. The fourth-order valence-electron chi connectivity index (χ4n) is 1.24. The Labute approximate surface area is 89.0 Å². The van der Waals surface area contributed by atoms with Crippen molar-refractivity contribution < 1.29 is 14.6 Å². The maximum atomic E-state index is 11.1. The summed E-state index contributed by atoms with van der Waals surface area (Å²) in [5.41, 5.74) is 2.18. The van der Waals surface area contributed by atoms with Gasteiger partial charge in [-0.15, -0.1) is 0 Å². The van der Waals surface area contributed by atoms with E-state index in [1.54, 1.807) is 32.1 Å². The number of phenolic OH excluding ortho intramolecular Hbond substituents is 1. The summed E-state index contributed by atoms with van der Waals surface area (Å²) in [6.45, 7) is 3.49. The number of esters is 1. The normalized spacial score (nSPS) is 11.3. The first-order valence-electron chi connectivity index (χ1n) is 4.61. The lowest BCUT2D eigenvalue weighted by atomic mass is 10.1. The van der Waals surface area contributed by atoms with Gasteiger partial charge in [-0.05, 0) is 43.2 Å². The summed E-state index contributed by atoms with van der Waals surface area (Å²) in [6, 6.07) is 5.16. The molecule has 0 saturated heterocycles. The quantitative estimate of drug-likeness (QED) is 0.596. The molecule has 15 heavy (non-hydrogen) atoms. The minimum atomic E-state index is -0.347. The van der Waals surface area contributed by atoms with Crippen LogP contribution < -0.4 is 0 Å². The Bertz CT molecular complexity index is 405. The van der Waals surface area contributed by atoms with Gasteiger partial charge < -0.3 is 9.84 Å². The van der Waals surface area contributed by atoms with Gasteiger partial charge in [-0.25, -0.2) is 4.79 Å². The molecule has 1 aromatic rings. The molecule has 0 amide bonds. The lowest BCUT2D eigenvalue weighted by molar-refractivity contribution is -0.135. The minimum Gasteiger partial charge on any atom is -0.508 e. The van der Waals surface area contributed by atoms with E-state index in [2.05, 4.69) is 4.74 Å². The zero-order valence-electron chi connectivity index (χ0n) is 9.07. The molecule has 0 aromatic heterocycles. The smallest absolute Gasteiger partial charge is 0.333 e. The molecule has 0 radical (unpaired) electrons. The summed E-state index contributed by atoms with van der Waals surface area (Å²) in [4.78, 5) is 11.1. The molecule has 0 bridgehead atoms. The van der Waals surface area contributed by atoms with Gasteiger partial charge in [-0.3, -0.25) is 0 Å². The summed E-state index contributed by atoms with van der Waals surface area (Å²) < 4.78 is 4.58. The van der Waals surface area contributed by atoms with Gasteiger partial charge in [0.05, 0.1) is 7.11 Å². The second-order valence-corrected chi connectivity index (χ2v) is 3.36. The summed E-state index contributed by atoms with van der Waals surface area (Å²) in [5.74, 6) is -0.0939. The molecule has 0 saturated carbocycles. The number of carbonyl (C=O) groups is 1. The molecule has 1 rings (SSSR count). The van der Waals surface area contributed by atoms with Crippen LogP contribution in [0.3, 0.4) is 0 Å². The van der Waals surface area contributed by atoms with Crippen molar-refractivity contribution in [2.75, 3.05) is 7.11 Å². The molecule has 0 aliphatic carbocycles. The topological polar surface area (TPSA) is 46.5 Å². The van der Waals surface area contributed by atoms with Crippen LogP contribution in [0.1, 0.15) is 18.1 Å².